The van der Waals surface area contributed by atoms with Crippen LogP contribution in [0.1, 0.15) is 6.92 Å². The van der Waals surface area contributed by atoms with Crippen LogP contribution in [0.5, 0.6) is 0 Å². The van der Waals surface area contributed by atoms with Crippen molar-refractivity contribution in [2.24, 2.45) is 0 Å². The van der Waals surface area contributed by atoms with Gasteiger partial charge in [0.05, 0.1) is 0 Å². The average molecular weight is 163 g/mol. The summed E-state index contributed by atoms with van der Waals surface area (Å²) in [5.74, 6) is -0.552. The Morgan fingerprint density at radius 3 is 2.50 bits per heavy atom. The molecule has 0 aliphatic heterocycles. The molecule has 0 spiro atoms. The number of hydrogen-bond donors (Lipinski definition) is 2. The smallest absolute Gasteiger partial charge is 0.261 e. The summed E-state index contributed by atoms with van der Waals surface area (Å²) in [6, 6.07) is 0. The van der Waals surface area contributed by atoms with Gasteiger partial charge in [0.15, 0.2) is 0 Å². The third-order valence-electron chi connectivity index (χ3n) is 0.636. The lowest BCUT2D eigenvalue weighted by Crippen LogP contribution is -2.38. The number of nitrogens with one attached hydrogen (secondary N) is 2. The second kappa shape index (κ2) is 4.15. The highest BCUT2D eigenvalue weighted by Gasteiger charge is 1.97. The largest absolute Gasteiger partial charge is 0.759 e. The number of rotatable bonds is 3. The fraction of sp³-hybridized carbons (Fsp3) is 0.250. The summed E-state index contributed by atoms with van der Waals surface area (Å²) in [7, 11) is 0. The molecule has 0 radical (unpaired) electrons. The van der Waals surface area contributed by atoms with Crippen LogP contribution >= 0.6 is 0 Å². The van der Waals surface area contributed by atoms with E-state index >= 15 is 0 Å². The quantitative estimate of drug-likeness (QED) is 0.317. The van der Waals surface area contributed by atoms with E-state index in [4.69, 9.17) is 0 Å². The zero-order chi connectivity index (χ0) is 8.15. The summed E-state index contributed by atoms with van der Waals surface area (Å²) in [5, 5.41) is 0. The van der Waals surface area contributed by atoms with Gasteiger partial charge in [-0.2, -0.15) is 4.83 Å². The fourth-order valence-electron chi connectivity index (χ4n) is 0.195. The van der Waals surface area contributed by atoms with Gasteiger partial charge in [-0.25, -0.2) is 0 Å². The molecule has 58 valence electrons. The molecule has 0 aliphatic carbocycles. The van der Waals surface area contributed by atoms with Gasteiger partial charge in [-0.1, -0.05) is 6.58 Å². The number of carbonyl (C=O) groups excluding carboxylic acids is 1. The lowest BCUT2D eigenvalue weighted by molar-refractivity contribution is -0.117. The van der Waals surface area contributed by atoms with Crippen LogP contribution in [0.25, 0.3) is 0 Å². The second-order valence-corrected chi connectivity index (χ2v) is 2.24. The van der Waals surface area contributed by atoms with Gasteiger partial charge < -0.3 is 4.55 Å². The lowest BCUT2D eigenvalue weighted by atomic mass is 10.3. The summed E-state index contributed by atoms with van der Waals surface area (Å²) in [6.45, 7) is 4.74. The first-order valence-corrected chi connectivity index (χ1v) is 3.42. The van der Waals surface area contributed by atoms with Crippen molar-refractivity contribution in [1.82, 2.24) is 10.3 Å². The van der Waals surface area contributed by atoms with Gasteiger partial charge in [0, 0.05) is 16.8 Å². The lowest BCUT2D eigenvalue weighted by Gasteiger charge is -2.07. The molecule has 5 nitrogen and oxygen atoms in total. The molecule has 0 aromatic heterocycles. The van der Waals surface area contributed by atoms with Crippen LogP contribution in [-0.4, -0.2) is 14.7 Å². The van der Waals surface area contributed by atoms with Crippen LogP contribution in [0, 0.1) is 0 Å². The van der Waals surface area contributed by atoms with Crippen molar-refractivity contribution >= 4 is 17.2 Å². The van der Waals surface area contributed by atoms with Gasteiger partial charge in [-0.3, -0.25) is 14.4 Å². The number of carbonyl (C=O) groups is 1. The minimum atomic E-state index is -2.48. The summed E-state index contributed by atoms with van der Waals surface area (Å²) in [4.78, 5) is 12.2. The molecule has 1 atom stereocenters. The van der Waals surface area contributed by atoms with Crippen molar-refractivity contribution in [3.63, 3.8) is 0 Å². The molecular weight excluding hydrogens is 156 g/mol. The molecule has 0 aromatic carbocycles. The first-order valence-electron chi connectivity index (χ1n) is 2.35. The van der Waals surface area contributed by atoms with Crippen molar-refractivity contribution < 1.29 is 13.6 Å². The Morgan fingerprint density at radius 1 is 1.70 bits per heavy atom. The molecule has 0 aromatic rings. The zero-order valence-corrected chi connectivity index (χ0v) is 6.16. The molecule has 1 unspecified atom stereocenters. The van der Waals surface area contributed by atoms with Crippen molar-refractivity contribution in [2.45, 2.75) is 6.92 Å². The minimum absolute atomic E-state index is 0.234. The van der Waals surface area contributed by atoms with E-state index in [1.54, 1.807) is 4.83 Å². The third kappa shape index (κ3) is 4.19. The standard InChI is InChI=1S/C4H8N2O3S/c1-3(2)4(7)5-6-10(8)9/h6H,1H2,2H3,(H,5,7)(H,8,9)/p-1. The Kier molecular flexibility index (Phi) is 3.85. The highest BCUT2D eigenvalue weighted by atomic mass is 32.2. The maximum Gasteiger partial charge on any atom is 0.261 e. The highest BCUT2D eigenvalue weighted by molar-refractivity contribution is 7.77. The van der Waals surface area contributed by atoms with Gasteiger partial charge in [-0.05, 0) is 6.92 Å². The zero-order valence-electron chi connectivity index (χ0n) is 5.34. The maximum atomic E-state index is 10.5. The van der Waals surface area contributed by atoms with E-state index in [0.29, 0.717) is 0 Å². The van der Waals surface area contributed by atoms with Gasteiger partial charge in [-0.15, -0.1) is 0 Å². The Morgan fingerprint density at radius 2 is 2.20 bits per heavy atom. The molecule has 0 aliphatic rings. The van der Waals surface area contributed by atoms with Gasteiger partial charge in [0.2, 0.25) is 0 Å². The van der Waals surface area contributed by atoms with Crippen molar-refractivity contribution in [3.8, 4) is 0 Å². The van der Waals surface area contributed by atoms with E-state index < -0.39 is 17.2 Å². The van der Waals surface area contributed by atoms with Crippen LogP contribution < -0.4 is 10.3 Å². The number of hydrogen-bond acceptors (Lipinski definition) is 3. The molecule has 0 saturated carbocycles. The topological polar surface area (TPSA) is 81.3 Å². The van der Waals surface area contributed by atoms with E-state index in [1.807, 2.05) is 5.43 Å². The highest BCUT2D eigenvalue weighted by Crippen LogP contribution is 1.82. The van der Waals surface area contributed by atoms with E-state index in [1.165, 1.54) is 6.92 Å². The monoisotopic (exact) mass is 163 g/mol. The van der Waals surface area contributed by atoms with Crippen LogP contribution in [0.15, 0.2) is 12.2 Å². The maximum absolute atomic E-state index is 10.5. The van der Waals surface area contributed by atoms with E-state index in [2.05, 4.69) is 6.58 Å². The first kappa shape index (κ1) is 9.28. The predicted molar refractivity (Wildman–Crippen MR) is 35.0 cm³/mol. The summed E-state index contributed by atoms with van der Waals surface area (Å²) >= 11 is -2.48. The summed E-state index contributed by atoms with van der Waals surface area (Å²) in [6.07, 6.45) is 0. The van der Waals surface area contributed by atoms with Crippen LogP contribution in [0.3, 0.4) is 0 Å². The SMILES string of the molecule is C=C(C)C(=O)NNS(=O)[O-]. The minimum Gasteiger partial charge on any atom is -0.759 e. The summed E-state index contributed by atoms with van der Waals surface area (Å²) < 4.78 is 19.5. The predicted octanol–water partition coefficient (Wildman–Crippen LogP) is -1.02. The second-order valence-electron chi connectivity index (χ2n) is 1.57. The number of hydrazine groups is 1. The van der Waals surface area contributed by atoms with Crippen molar-refractivity contribution in [1.29, 1.82) is 0 Å². The van der Waals surface area contributed by atoms with Crippen LogP contribution in [0.4, 0.5) is 0 Å². The molecule has 2 N–H and O–H groups in total. The Hall–Kier alpha value is -0.720. The molecule has 0 fully saturated rings. The van der Waals surface area contributed by atoms with E-state index in [9.17, 15) is 13.6 Å². The van der Waals surface area contributed by atoms with E-state index in [-0.39, 0.29) is 5.57 Å². The average Bonchev–Trinajstić information content (AvgIpc) is 1.82. The first-order chi connectivity index (χ1) is 4.54. The molecule has 1 amide bonds. The third-order valence-corrected chi connectivity index (χ3v) is 0.904. The molecule has 0 heterocycles. The number of amides is 1. The fourth-order valence-corrected chi connectivity index (χ4v) is 0.371. The Bertz CT molecular complexity index is 179. The van der Waals surface area contributed by atoms with Crippen LogP contribution in [-0.2, 0) is 16.1 Å². The van der Waals surface area contributed by atoms with Crippen molar-refractivity contribution in [2.75, 3.05) is 0 Å². The molecule has 0 rings (SSSR count). The Labute approximate surface area is 60.9 Å². The molecule has 6 heteroatoms. The van der Waals surface area contributed by atoms with Crippen LogP contribution in [0.2, 0.25) is 0 Å². The van der Waals surface area contributed by atoms with E-state index in [0.717, 1.165) is 0 Å². The van der Waals surface area contributed by atoms with Gasteiger partial charge in [0.1, 0.15) is 0 Å². The Balaban J connectivity index is 3.60. The molecule has 0 bridgehead atoms. The normalized spacial score (nSPS) is 12.2. The summed E-state index contributed by atoms with van der Waals surface area (Å²) in [5.41, 5.74) is 2.11. The molecule has 10 heavy (non-hydrogen) atoms. The molecule has 0 saturated heterocycles. The van der Waals surface area contributed by atoms with Gasteiger partial charge >= 0.3 is 0 Å². The molecular formula is C4H7N2O3S-. The van der Waals surface area contributed by atoms with Gasteiger partial charge in [0.25, 0.3) is 5.91 Å². The van der Waals surface area contributed by atoms with Crippen molar-refractivity contribution in [3.05, 3.63) is 12.2 Å².